The van der Waals surface area contributed by atoms with E-state index in [1.807, 2.05) is 66.3 Å². The number of ketones is 1. The van der Waals surface area contributed by atoms with Gasteiger partial charge in [-0.3, -0.25) is 9.69 Å². The van der Waals surface area contributed by atoms with Crippen molar-refractivity contribution in [3.8, 4) is 0 Å². The molecule has 100 valence electrons. The van der Waals surface area contributed by atoms with E-state index >= 15 is 0 Å². The van der Waals surface area contributed by atoms with Crippen molar-refractivity contribution in [2.24, 2.45) is 7.05 Å². The monoisotopic (exact) mass is 276 g/mol. The van der Waals surface area contributed by atoms with E-state index in [9.17, 15) is 4.79 Å². The first-order chi connectivity index (χ1) is 9.04. The Bertz CT molecular complexity index is 560. The van der Waals surface area contributed by atoms with Crippen LogP contribution < -0.4 is 0 Å². The first kappa shape index (κ1) is 13.8. The highest BCUT2D eigenvalue weighted by molar-refractivity contribution is 6.30. The number of nitrogens with zero attached hydrogens (tertiary/aromatic N) is 2. The Balaban J connectivity index is 1.92. The van der Waals surface area contributed by atoms with Crippen LogP contribution in [0.25, 0.3) is 0 Å². The van der Waals surface area contributed by atoms with Crippen LogP contribution in [-0.2, 0) is 13.6 Å². The molecule has 0 saturated heterocycles. The summed E-state index contributed by atoms with van der Waals surface area (Å²) in [4.78, 5) is 14.0. The molecule has 0 atom stereocenters. The lowest BCUT2D eigenvalue weighted by Gasteiger charge is -2.15. The van der Waals surface area contributed by atoms with Gasteiger partial charge < -0.3 is 4.57 Å². The van der Waals surface area contributed by atoms with Crippen molar-refractivity contribution >= 4 is 17.4 Å². The zero-order valence-corrected chi connectivity index (χ0v) is 11.9. The molecule has 0 bridgehead atoms. The van der Waals surface area contributed by atoms with Gasteiger partial charge in [0.1, 0.15) is 0 Å². The first-order valence-corrected chi connectivity index (χ1v) is 6.50. The SMILES string of the molecule is CN(CC(=O)c1ccn(C)c1)Cc1ccc(Cl)cc1. The molecule has 2 rings (SSSR count). The number of rotatable bonds is 5. The molecule has 0 saturated carbocycles. The van der Waals surface area contributed by atoms with E-state index in [4.69, 9.17) is 11.6 Å². The Morgan fingerprint density at radius 3 is 2.53 bits per heavy atom. The number of aromatic nitrogens is 1. The van der Waals surface area contributed by atoms with Crippen LogP contribution in [0.4, 0.5) is 0 Å². The van der Waals surface area contributed by atoms with Crippen LogP contribution in [0.15, 0.2) is 42.7 Å². The van der Waals surface area contributed by atoms with Gasteiger partial charge in [0.05, 0.1) is 6.54 Å². The number of halogens is 1. The quantitative estimate of drug-likeness (QED) is 0.785. The number of benzene rings is 1. The molecule has 4 heteroatoms. The lowest BCUT2D eigenvalue weighted by atomic mass is 10.2. The van der Waals surface area contributed by atoms with Crippen molar-refractivity contribution in [2.45, 2.75) is 6.54 Å². The molecule has 0 aliphatic rings. The summed E-state index contributed by atoms with van der Waals surface area (Å²) in [6, 6.07) is 9.53. The highest BCUT2D eigenvalue weighted by atomic mass is 35.5. The lowest BCUT2D eigenvalue weighted by Crippen LogP contribution is -2.25. The molecule has 19 heavy (non-hydrogen) atoms. The molecular formula is C15H17ClN2O. The Kier molecular flexibility index (Phi) is 4.40. The van der Waals surface area contributed by atoms with Gasteiger partial charge in [-0.15, -0.1) is 0 Å². The van der Waals surface area contributed by atoms with Crippen LogP contribution in [0.2, 0.25) is 5.02 Å². The summed E-state index contributed by atoms with van der Waals surface area (Å²) in [5, 5.41) is 0.728. The van der Waals surface area contributed by atoms with Crippen LogP contribution in [0.5, 0.6) is 0 Å². The molecule has 0 fully saturated rings. The van der Waals surface area contributed by atoms with Gasteiger partial charge in [-0.1, -0.05) is 23.7 Å². The number of hydrogen-bond donors (Lipinski definition) is 0. The maximum atomic E-state index is 12.0. The third kappa shape index (κ3) is 3.94. The second kappa shape index (κ2) is 6.04. The second-order valence-corrected chi connectivity index (χ2v) is 5.22. The summed E-state index contributed by atoms with van der Waals surface area (Å²) in [6.07, 6.45) is 3.73. The van der Waals surface area contributed by atoms with Gasteiger partial charge in [-0.2, -0.15) is 0 Å². The van der Waals surface area contributed by atoms with E-state index in [-0.39, 0.29) is 5.78 Å². The molecule has 0 unspecified atom stereocenters. The van der Waals surface area contributed by atoms with Crippen molar-refractivity contribution in [1.82, 2.24) is 9.47 Å². The van der Waals surface area contributed by atoms with Gasteiger partial charge in [0.25, 0.3) is 0 Å². The van der Waals surface area contributed by atoms with Gasteiger partial charge >= 0.3 is 0 Å². The number of Topliss-reactive ketones (excluding diaryl/α,β-unsaturated/α-hetero) is 1. The summed E-state index contributed by atoms with van der Waals surface area (Å²) in [5.74, 6) is 0.136. The van der Waals surface area contributed by atoms with Crippen molar-refractivity contribution in [2.75, 3.05) is 13.6 Å². The van der Waals surface area contributed by atoms with Gasteiger partial charge in [0.15, 0.2) is 5.78 Å². The number of carbonyl (C=O) groups excluding carboxylic acids is 1. The van der Waals surface area contributed by atoms with Gasteiger partial charge in [-0.25, -0.2) is 0 Å². The minimum atomic E-state index is 0.136. The molecule has 1 heterocycles. The van der Waals surface area contributed by atoms with Crippen LogP contribution in [0.1, 0.15) is 15.9 Å². The fraction of sp³-hybridized carbons (Fsp3) is 0.267. The molecule has 0 spiro atoms. The molecule has 0 amide bonds. The predicted octanol–water partition coefficient (Wildman–Crippen LogP) is 2.99. The zero-order chi connectivity index (χ0) is 13.8. The molecule has 0 aliphatic carbocycles. The van der Waals surface area contributed by atoms with Crippen molar-refractivity contribution in [1.29, 1.82) is 0 Å². The number of aryl methyl sites for hydroxylation is 1. The molecule has 0 aliphatic heterocycles. The fourth-order valence-corrected chi connectivity index (χ4v) is 2.09. The number of hydrogen-bond acceptors (Lipinski definition) is 2. The van der Waals surface area contributed by atoms with Gasteiger partial charge in [0.2, 0.25) is 0 Å². The minimum absolute atomic E-state index is 0.136. The van der Waals surface area contributed by atoms with E-state index in [1.165, 1.54) is 0 Å². The van der Waals surface area contributed by atoms with Crippen molar-refractivity contribution in [3.05, 3.63) is 58.9 Å². The minimum Gasteiger partial charge on any atom is -0.357 e. The predicted molar refractivity (Wildman–Crippen MR) is 77.5 cm³/mol. The van der Waals surface area contributed by atoms with Crippen LogP contribution in [0.3, 0.4) is 0 Å². The van der Waals surface area contributed by atoms with Crippen molar-refractivity contribution in [3.63, 3.8) is 0 Å². The molecule has 1 aromatic carbocycles. The maximum Gasteiger partial charge on any atom is 0.178 e. The highest BCUT2D eigenvalue weighted by Crippen LogP contribution is 2.11. The van der Waals surface area contributed by atoms with Crippen LogP contribution in [-0.4, -0.2) is 28.8 Å². The maximum absolute atomic E-state index is 12.0. The largest absolute Gasteiger partial charge is 0.357 e. The van der Waals surface area contributed by atoms with Crippen LogP contribution in [0, 0.1) is 0 Å². The average Bonchev–Trinajstić information content (AvgIpc) is 2.79. The number of carbonyl (C=O) groups is 1. The summed E-state index contributed by atoms with van der Waals surface area (Å²) < 4.78 is 1.88. The number of likely N-dealkylation sites (N-methyl/N-ethyl adjacent to an activating group) is 1. The molecular weight excluding hydrogens is 260 g/mol. The summed E-state index contributed by atoms with van der Waals surface area (Å²) >= 11 is 5.84. The van der Waals surface area contributed by atoms with E-state index < -0.39 is 0 Å². The second-order valence-electron chi connectivity index (χ2n) is 4.79. The van der Waals surface area contributed by atoms with E-state index in [0.29, 0.717) is 6.54 Å². The summed E-state index contributed by atoms with van der Waals surface area (Å²) in [5.41, 5.74) is 1.90. The van der Waals surface area contributed by atoms with Gasteiger partial charge in [-0.05, 0) is 30.8 Å². The van der Waals surface area contributed by atoms with E-state index in [1.54, 1.807) is 0 Å². The Morgan fingerprint density at radius 1 is 1.26 bits per heavy atom. The Morgan fingerprint density at radius 2 is 1.95 bits per heavy atom. The van der Waals surface area contributed by atoms with Crippen molar-refractivity contribution < 1.29 is 4.79 Å². The standard InChI is InChI=1S/C15H17ClN2O/c1-17-8-7-13(10-17)15(19)11-18(2)9-12-3-5-14(16)6-4-12/h3-8,10H,9,11H2,1-2H3. The van der Waals surface area contributed by atoms with E-state index in [2.05, 4.69) is 0 Å². The Labute approximate surface area is 118 Å². The van der Waals surface area contributed by atoms with E-state index in [0.717, 1.165) is 22.7 Å². The lowest BCUT2D eigenvalue weighted by molar-refractivity contribution is 0.0943. The molecule has 2 aromatic rings. The molecule has 1 aromatic heterocycles. The normalized spacial score (nSPS) is 10.9. The molecule has 3 nitrogen and oxygen atoms in total. The smallest absolute Gasteiger partial charge is 0.178 e. The average molecular weight is 277 g/mol. The zero-order valence-electron chi connectivity index (χ0n) is 11.1. The highest BCUT2D eigenvalue weighted by Gasteiger charge is 2.10. The topological polar surface area (TPSA) is 25.2 Å². The first-order valence-electron chi connectivity index (χ1n) is 6.13. The fourth-order valence-electron chi connectivity index (χ4n) is 1.96. The van der Waals surface area contributed by atoms with Crippen LogP contribution >= 0.6 is 11.6 Å². The summed E-state index contributed by atoms with van der Waals surface area (Å²) in [6.45, 7) is 1.14. The molecule has 0 radical (unpaired) electrons. The Hall–Kier alpha value is -1.58. The third-order valence-electron chi connectivity index (χ3n) is 2.93. The molecule has 0 N–H and O–H groups in total. The summed E-state index contributed by atoms with van der Waals surface area (Å²) in [7, 11) is 3.85. The third-order valence-corrected chi connectivity index (χ3v) is 3.19. The van der Waals surface area contributed by atoms with Gasteiger partial charge in [0, 0.05) is 36.6 Å².